The maximum absolute atomic E-state index is 12.2. The Morgan fingerprint density at radius 1 is 1.08 bits per heavy atom. The first-order valence-corrected chi connectivity index (χ1v) is 9.06. The van der Waals surface area contributed by atoms with Crippen molar-refractivity contribution >= 4 is 23.1 Å². The molecular formula is C20H21N3OS. The Bertz CT molecular complexity index is 871. The number of benzene rings is 2. The van der Waals surface area contributed by atoms with Gasteiger partial charge in [0.2, 0.25) is 0 Å². The summed E-state index contributed by atoms with van der Waals surface area (Å²) in [4.78, 5) is 16.7. The number of aryl methyl sites for hydroxylation is 2. The minimum absolute atomic E-state index is 0.0567. The molecule has 1 aromatic heterocycles. The first kappa shape index (κ1) is 17.2. The van der Waals surface area contributed by atoms with Crippen LogP contribution in [0.2, 0.25) is 0 Å². The lowest BCUT2D eigenvalue weighted by Gasteiger charge is -2.17. The Kier molecular flexibility index (Phi) is 5.14. The molecule has 3 rings (SSSR count). The predicted octanol–water partition coefficient (Wildman–Crippen LogP) is 5.31. The second kappa shape index (κ2) is 7.49. The van der Waals surface area contributed by atoms with Gasteiger partial charge >= 0.3 is 6.03 Å². The second-order valence-corrected chi connectivity index (χ2v) is 6.91. The molecule has 1 heterocycles. The van der Waals surface area contributed by atoms with Crippen molar-refractivity contribution in [1.29, 1.82) is 0 Å². The molecule has 3 aromatic rings. The van der Waals surface area contributed by atoms with Gasteiger partial charge in [0.25, 0.3) is 0 Å². The smallest absolute Gasteiger partial charge is 0.319 e. The van der Waals surface area contributed by atoms with Crippen LogP contribution in [0.3, 0.4) is 0 Å². The fraction of sp³-hybridized carbons (Fsp3) is 0.200. The van der Waals surface area contributed by atoms with E-state index in [1.54, 1.807) is 11.3 Å². The molecule has 5 heteroatoms. The number of amides is 2. The highest BCUT2D eigenvalue weighted by Gasteiger charge is 2.11. The Balaban J connectivity index is 1.62. The molecule has 0 spiro atoms. The molecule has 0 aliphatic carbocycles. The summed E-state index contributed by atoms with van der Waals surface area (Å²) in [6, 6.07) is 15.5. The fourth-order valence-corrected chi connectivity index (χ4v) is 3.50. The van der Waals surface area contributed by atoms with Crippen molar-refractivity contribution in [2.24, 2.45) is 0 Å². The second-order valence-electron chi connectivity index (χ2n) is 6.05. The fourth-order valence-electron chi connectivity index (χ4n) is 2.70. The van der Waals surface area contributed by atoms with Crippen LogP contribution in [0.15, 0.2) is 53.9 Å². The zero-order chi connectivity index (χ0) is 17.8. The quantitative estimate of drug-likeness (QED) is 0.669. The number of thiazole rings is 1. The van der Waals surface area contributed by atoms with Crippen molar-refractivity contribution in [1.82, 2.24) is 10.3 Å². The summed E-state index contributed by atoms with van der Waals surface area (Å²) in [6.45, 7) is 6.01. The summed E-state index contributed by atoms with van der Waals surface area (Å²) in [5.74, 6) is 0. The van der Waals surface area contributed by atoms with Gasteiger partial charge in [0.05, 0.1) is 6.04 Å². The Morgan fingerprint density at radius 2 is 1.80 bits per heavy atom. The summed E-state index contributed by atoms with van der Waals surface area (Å²) >= 11 is 1.62. The number of carbonyl (C=O) groups excluding carboxylic acids is 1. The molecule has 25 heavy (non-hydrogen) atoms. The van der Waals surface area contributed by atoms with Crippen LogP contribution in [0.4, 0.5) is 10.5 Å². The lowest BCUT2D eigenvalue weighted by molar-refractivity contribution is 0.249. The molecule has 0 aliphatic rings. The van der Waals surface area contributed by atoms with Gasteiger partial charge in [-0.1, -0.05) is 24.3 Å². The summed E-state index contributed by atoms with van der Waals surface area (Å²) in [7, 11) is 0. The van der Waals surface area contributed by atoms with E-state index in [-0.39, 0.29) is 12.1 Å². The van der Waals surface area contributed by atoms with E-state index >= 15 is 0 Å². The van der Waals surface area contributed by atoms with E-state index in [9.17, 15) is 4.79 Å². The topological polar surface area (TPSA) is 54.0 Å². The molecule has 0 radical (unpaired) electrons. The molecule has 0 fully saturated rings. The average Bonchev–Trinajstić information content (AvgIpc) is 3.02. The SMILES string of the molecule is Cc1csc(-c2ccc(NC(=O)NC(C)c3ccccc3C)cc2)n1. The molecule has 0 bridgehead atoms. The van der Waals surface area contributed by atoms with Crippen molar-refractivity contribution in [3.63, 3.8) is 0 Å². The van der Waals surface area contributed by atoms with Gasteiger partial charge in [-0.3, -0.25) is 0 Å². The minimum atomic E-state index is -0.214. The van der Waals surface area contributed by atoms with E-state index in [2.05, 4.69) is 15.6 Å². The van der Waals surface area contributed by atoms with Gasteiger partial charge < -0.3 is 10.6 Å². The van der Waals surface area contributed by atoms with Crippen LogP contribution < -0.4 is 10.6 Å². The normalized spacial score (nSPS) is 11.8. The first-order valence-electron chi connectivity index (χ1n) is 8.18. The van der Waals surface area contributed by atoms with Crippen molar-refractivity contribution in [2.45, 2.75) is 26.8 Å². The number of nitrogens with zero attached hydrogens (tertiary/aromatic N) is 1. The zero-order valence-corrected chi connectivity index (χ0v) is 15.4. The van der Waals surface area contributed by atoms with Crippen molar-refractivity contribution in [3.8, 4) is 10.6 Å². The number of nitrogens with one attached hydrogen (secondary N) is 2. The molecule has 2 amide bonds. The summed E-state index contributed by atoms with van der Waals surface area (Å²) in [6.07, 6.45) is 0. The summed E-state index contributed by atoms with van der Waals surface area (Å²) in [5, 5.41) is 8.87. The van der Waals surface area contributed by atoms with Gasteiger partial charge in [0.15, 0.2) is 0 Å². The van der Waals surface area contributed by atoms with Gasteiger partial charge in [-0.2, -0.15) is 0 Å². The maximum atomic E-state index is 12.2. The van der Waals surface area contributed by atoms with E-state index in [0.29, 0.717) is 0 Å². The van der Waals surface area contributed by atoms with E-state index in [4.69, 9.17) is 0 Å². The van der Waals surface area contributed by atoms with Crippen LogP contribution in [-0.4, -0.2) is 11.0 Å². The van der Waals surface area contributed by atoms with Crippen LogP contribution in [0.5, 0.6) is 0 Å². The Morgan fingerprint density at radius 3 is 2.44 bits per heavy atom. The lowest BCUT2D eigenvalue weighted by atomic mass is 10.0. The van der Waals surface area contributed by atoms with E-state index in [1.165, 1.54) is 5.56 Å². The highest BCUT2D eigenvalue weighted by atomic mass is 32.1. The number of hydrogen-bond donors (Lipinski definition) is 2. The molecule has 4 nitrogen and oxygen atoms in total. The summed E-state index contributed by atoms with van der Waals surface area (Å²) in [5.41, 5.74) is 5.11. The molecular weight excluding hydrogens is 330 g/mol. The van der Waals surface area contributed by atoms with Gasteiger partial charge in [-0.05, 0) is 56.2 Å². The number of anilines is 1. The monoisotopic (exact) mass is 351 g/mol. The third-order valence-corrected chi connectivity index (χ3v) is 5.02. The number of rotatable bonds is 4. The van der Waals surface area contributed by atoms with Gasteiger partial charge in [-0.15, -0.1) is 11.3 Å². The third kappa shape index (κ3) is 4.25. The van der Waals surface area contributed by atoms with Crippen molar-refractivity contribution in [2.75, 3.05) is 5.32 Å². The van der Waals surface area contributed by atoms with Gasteiger partial charge in [0, 0.05) is 22.3 Å². The van der Waals surface area contributed by atoms with Gasteiger partial charge in [-0.25, -0.2) is 9.78 Å². The summed E-state index contributed by atoms with van der Waals surface area (Å²) < 4.78 is 0. The number of aromatic nitrogens is 1. The van der Waals surface area contributed by atoms with E-state index in [0.717, 1.165) is 27.5 Å². The van der Waals surface area contributed by atoms with Crippen LogP contribution in [0.25, 0.3) is 10.6 Å². The molecule has 2 N–H and O–H groups in total. The Hall–Kier alpha value is -2.66. The number of carbonyl (C=O) groups is 1. The van der Waals surface area contributed by atoms with E-state index in [1.807, 2.05) is 74.7 Å². The predicted molar refractivity (Wildman–Crippen MR) is 104 cm³/mol. The standard InChI is InChI=1S/C20H21N3OS/c1-13-6-4-5-7-18(13)15(3)22-20(24)23-17-10-8-16(9-11-17)19-21-14(2)12-25-19/h4-12,15H,1-3H3,(H2,22,23,24). The average molecular weight is 351 g/mol. The molecule has 128 valence electrons. The molecule has 1 atom stereocenters. The Labute approximate surface area is 151 Å². The molecule has 0 saturated carbocycles. The van der Waals surface area contributed by atoms with Crippen LogP contribution in [0.1, 0.15) is 29.8 Å². The first-order chi connectivity index (χ1) is 12.0. The maximum Gasteiger partial charge on any atom is 0.319 e. The van der Waals surface area contributed by atoms with Crippen molar-refractivity contribution in [3.05, 3.63) is 70.7 Å². The molecule has 2 aromatic carbocycles. The van der Waals surface area contributed by atoms with Crippen LogP contribution in [-0.2, 0) is 0 Å². The largest absolute Gasteiger partial charge is 0.331 e. The zero-order valence-electron chi connectivity index (χ0n) is 14.5. The lowest BCUT2D eigenvalue weighted by Crippen LogP contribution is -2.31. The highest BCUT2D eigenvalue weighted by molar-refractivity contribution is 7.13. The molecule has 0 saturated heterocycles. The highest BCUT2D eigenvalue weighted by Crippen LogP contribution is 2.25. The number of hydrogen-bond acceptors (Lipinski definition) is 3. The third-order valence-electron chi connectivity index (χ3n) is 4.01. The van der Waals surface area contributed by atoms with Crippen molar-refractivity contribution < 1.29 is 4.79 Å². The molecule has 1 unspecified atom stereocenters. The molecule has 0 aliphatic heterocycles. The minimum Gasteiger partial charge on any atom is -0.331 e. The number of urea groups is 1. The van der Waals surface area contributed by atoms with Crippen LogP contribution in [0, 0.1) is 13.8 Å². The van der Waals surface area contributed by atoms with E-state index < -0.39 is 0 Å². The van der Waals surface area contributed by atoms with Crippen LogP contribution >= 0.6 is 11.3 Å². The van der Waals surface area contributed by atoms with Gasteiger partial charge in [0.1, 0.15) is 5.01 Å².